The summed E-state index contributed by atoms with van der Waals surface area (Å²) < 4.78 is 12.1. The molecule has 0 bridgehead atoms. The number of nitrogens with zero attached hydrogens (tertiary/aromatic N) is 2. The number of aliphatic carboxylic acids is 3. The van der Waals surface area contributed by atoms with Crippen molar-refractivity contribution < 1.29 is 87.3 Å². The van der Waals surface area contributed by atoms with Gasteiger partial charge < -0.3 is 51.2 Å². The van der Waals surface area contributed by atoms with E-state index in [-0.39, 0.29) is 24.2 Å². The zero-order valence-electron chi connectivity index (χ0n) is 54.0. The average molecular weight is 1290 g/mol. The zero-order valence-corrected chi connectivity index (χ0v) is 54.0. The van der Waals surface area contributed by atoms with E-state index in [2.05, 4.69) is 48.8 Å². The van der Waals surface area contributed by atoms with Crippen LogP contribution in [-0.4, -0.2) is 152 Å². The second-order valence-corrected chi connectivity index (χ2v) is 26.3. The number of carbonyl (C=O) groups is 12. The molecule has 93 heavy (non-hydrogen) atoms. The molecule has 5 aliphatic rings. The van der Waals surface area contributed by atoms with Crippen molar-refractivity contribution in [1.29, 1.82) is 0 Å². The van der Waals surface area contributed by atoms with E-state index in [0.29, 0.717) is 5.56 Å². The molecular formula is C70H88N6O17+2. The van der Waals surface area contributed by atoms with Crippen LogP contribution < -0.4 is 41.2 Å². The molecule has 0 unspecified atom stereocenters. The van der Waals surface area contributed by atoms with Crippen LogP contribution in [0.1, 0.15) is 182 Å². The number of benzene rings is 3. The number of hydrogen-bond acceptors (Lipinski definition) is 14. The molecule has 0 fully saturated rings. The number of carboxylic acids is 3. The fraction of sp³-hybridized carbons (Fsp3) is 0.543. The molecule has 0 aromatic heterocycles. The second-order valence-electron chi connectivity index (χ2n) is 26.3. The molecule has 8 N–H and O–H groups in total. The minimum Gasteiger partial charge on any atom is -0.481 e. The summed E-state index contributed by atoms with van der Waals surface area (Å²) in [5.74, 6) is -14.9. The molecule has 498 valence electrons. The number of ether oxygens (including phenoxy) is 1. The normalized spacial score (nSPS) is 16.8. The van der Waals surface area contributed by atoms with Gasteiger partial charge in [-0.3, -0.25) is 52.7 Å². The quantitative estimate of drug-likeness (QED) is 0.0318. The van der Waals surface area contributed by atoms with E-state index in [1.165, 1.54) is 55.4 Å². The molecule has 5 aliphatic heterocycles. The number of aryl methyl sites for hydroxylation is 2. The molecule has 3 aromatic rings. The molecule has 3 aromatic carbocycles. The Morgan fingerprint density at radius 1 is 0.602 bits per heavy atom. The summed E-state index contributed by atoms with van der Waals surface area (Å²) in [4.78, 5) is 159. The molecule has 0 radical (unpaired) electrons. The maximum atomic E-state index is 14.6. The summed E-state index contributed by atoms with van der Waals surface area (Å²) in [6.07, 6.45) is 5.07. The number of aliphatic hydroxyl groups is 1. The summed E-state index contributed by atoms with van der Waals surface area (Å²) in [6.45, 7) is 11.1. The first-order valence-corrected chi connectivity index (χ1v) is 32.7. The van der Waals surface area contributed by atoms with E-state index >= 15 is 0 Å². The van der Waals surface area contributed by atoms with Gasteiger partial charge in [0.2, 0.25) is 28.8 Å². The molecule has 0 saturated heterocycles. The first-order chi connectivity index (χ1) is 44.2. The Labute approximate surface area is 539 Å². The van der Waals surface area contributed by atoms with Crippen LogP contribution in [0.5, 0.6) is 11.5 Å². The van der Waals surface area contributed by atoms with Crippen molar-refractivity contribution in [3.8, 4) is 11.5 Å². The Bertz CT molecular complexity index is 3680. The lowest BCUT2D eigenvalue weighted by Crippen LogP contribution is -2.50. The number of carboxylic acid groups (broad SMARTS) is 3. The number of carbonyl (C=O) groups excluding carboxylic acids is 9. The Kier molecular flexibility index (Phi) is 23.7. The Balaban J connectivity index is 0.991. The summed E-state index contributed by atoms with van der Waals surface area (Å²) in [5.41, 5.74) is 8.60. The number of Topliss-reactive ketones (excluding diaryl/α,β-unsaturated/α-hetero) is 5. The lowest BCUT2D eigenvalue weighted by molar-refractivity contribution is -0.442. The first-order valence-electron chi connectivity index (χ1n) is 32.7. The van der Waals surface area contributed by atoms with Crippen LogP contribution in [0.25, 0.3) is 5.57 Å². The van der Waals surface area contributed by atoms with Crippen molar-refractivity contribution in [2.45, 2.75) is 188 Å². The predicted molar refractivity (Wildman–Crippen MR) is 340 cm³/mol. The average Bonchev–Trinajstić information content (AvgIpc) is 1.45. The van der Waals surface area contributed by atoms with Crippen molar-refractivity contribution in [2.75, 3.05) is 26.2 Å². The van der Waals surface area contributed by atoms with Gasteiger partial charge in [-0.15, -0.1) is 0 Å². The van der Waals surface area contributed by atoms with Crippen molar-refractivity contribution in [1.82, 2.24) is 25.8 Å². The molecule has 23 heteroatoms. The predicted octanol–water partition coefficient (Wildman–Crippen LogP) is 4.17. The van der Waals surface area contributed by atoms with Crippen LogP contribution in [0, 0.1) is 29.6 Å². The number of fused-ring (bicyclic) bond motifs is 4. The highest BCUT2D eigenvalue weighted by Gasteiger charge is 2.40. The van der Waals surface area contributed by atoms with Gasteiger partial charge in [0.15, 0.2) is 23.1 Å². The van der Waals surface area contributed by atoms with Crippen LogP contribution in [0.3, 0.4) is 0 Å². The number of hydrogen-bond donors (Lipinski definition) is 8. The number of rotatable bonds is 32. The van der Waals surface area contributed by atoms with E-state index < -0.39 is 170 Å². The largest absolute Gasteiger partial charge is 0.481 e. The third-order valence-corrected chi connectivity index (χ3v) is 18.5. The molecule has 23 nitrogen and oxygen atoms in total. The highest BCUT2D eigenvalue weighted by atomic mass is 16.5. The van der Waals surface area contributed by atoms with Crippen molar-refractivity contribution in [3.63, 3.8) is 0 Å². The fourth-order valence-corrected chi connectivity index (χ4v) is 13.6. The Morgan fingerprint density at radius 3 is 1.98 bits per heavy atom. The molecule has 7 atom stereocenters. The summed E-state index contributed by atoms with van der Waals surface area (Å²) in [7, 11) is 0. The van der Waals surface area contributed by atoms with Crippen LogP contribution in [0.2, 0.25) is 0 Å². The summed E-state index contributed by atoms with van der Waals surface area (Å²) >= 11 is 0. The van der Waals surface area contributed by atoms with E-state index in [1.54, 1.807) is 32.0 Å². The standard InChI is InChI=1S/C70H86N6O17/c1-37(2)50(70(92)74-62(40(6)78)54(80)22-20-39(5)77)34-47(79)36-71-67(89)46(33-58(85)86)32-56(82)61(38(3)4)73-69(91)45(21-23-57(83)84)31-55(81)53(35-59(87)88)72-68(90)44-17-11-16-41(28-44)60-51-29-42-14-7-9-24-75-26-12-18-48(63(42)75)65(51)93-66-49-19-13-27-76-25-10-8-15-43(64(49)76)30-52(60)66/h11,16-17,24,28-30,37-38,40,45-46,50,53,61-62,78H,7-10,12-15,18-23,25-27,31-36H2,1-6H3,(H5-2,71,72,73,74,83,84,85,86,87,88,89,90,91,92)/p+2/t40-,45-,46+,50+,53+,61+,62+/m1/s1. The van der Waals surface area contributed by atoms with Crippen molar-refractivity contribution in [2.24, 2.45) is 29.6 Å². The van der Waals surface area contributed by atoms with Gasteiger partial charge in [0.25, 0.3) is 5.91 Å². The third-order valence-electron chi connectivity index (χ3n) is 18.5. The van der Waals surface area contributed by atoms with Crippen LogP contribution in [0.15, 0.2) is 36.4 Å². The molecule has 0 saturated carbocycles. The summed E-state index contributed by atoms with van der Waals surface area (Å²) in [6, 6.07) is 6.91. The second kappa shape index (κ2) is 31.3. The maximum absolute atomic E-state index is 14.6. The SMILES string of the molecule is CC(=O)CCC(=O)[C@@H](NC(=O)[C@@H](CC(=O)CNC(=O)[C@H](CC(=O)O)CC(=O)[C@@H](NC(=O)[C@H](CCC(=O)O)CC(=O)[C@H](CC(=O)O)NC(=O)c1cccc(C2=c3cc4c5c(c3Oc3c2cc2c6c3CCC[N+]6=CCCC2)CCC[N+]=5CCCC4)c1)C(C)C)C(C)C)[C@@H](C)O. The van der Waals surface area contributed by atoms with Gasteiger partial charge in [0, 0.05) is 109 Å². The smallest absolute Gasteiger partial charge is 0.305 e. The van der Waals surface area contributed by atoms with Gasteiger partial charge in [-0.25, -0.2) is 9.15 Å². The van der Waals surface area contributed by atoms with E-state index in [0.717, 1.165) is 117 Å². The van der Waals surface area contributed by atoms with Gasteiger partial charge in [0.05, 0.1) is 54.6 Å². The highest BCUT2D eigenvalue weighted by molar-refractivity contribution is 6.02. The zero-order chi connectivity index (χ0) is 67.5. The van der Waals surface area contributed by atoms with Gasteiger partial charge >= 0.3 is 17.9 Å². The maximum Gasteiger partial charge on any atom is 0.305 e. The van der Waals surface area contributed by atoms with E-state index in [1.807, 2.05) is 6.07 Å². The van der Waals surface area contributed by atoms with Crippen molar-refractivity contribution >= 4 is 87.9 Å². The minimum atomic E-state index is -1.72. The molecule has 0 aliphatic carbocycles. The molecule has 5 heterocycles. The van der Waals surface area contributed by atoms with Gasteiger partial charge in [-0.1, -0.05) is 39.8 Å². The number of nitrogens with one attached hydrogen (secondary N) is 4. The highest BCUT2D eigenvalue weighted by Crippen LogP contribution is 2.47. The topological polar surface area (TPSA) is 349 Å². The lowest BCUT2D eigenvalue weighted by Gasteiger charge is -2.29. The molecule has 8 rings (SSSR count). The van der Waals surface area contributed by atoms with E-state index in [4.69, 9.17) is 4.74 Å². The monoisotopic (exact) mass is 1280 g/mol. The number of amides is 4. The molecule has 4 amide bonds. The van der Waals surface area contributed by atoms with Gasteiger partial charge in [-0.05, 0) is 100 Å². The van der Waals surface area contributed by atoms with E-state index in [9.17, 15) is 78.0 Å². The Morgan fingerprint density at radius 2 is 1.29 bits per heavy atom. The van der Waals surface area contributed by atoms with Crippen LogP contribution >= 0.6 is 0 Å². The fourth-order valence-electron chi connectivity index (χ4n) is 13.6. The molecule has 0 spiro atoms. The third kappa shape index (κ3) is 17.4. The van der Waals surface area contributed by atoms with Crippen LogP contribution in [-0.2, 0) is 78.4 Å². The van der Waals surface area contributed by atoms with Gasteiger partial charge in [-0.2, -0.15) is 0 Å². The van der Waals surface area contributed by atoms with Gasteiger partial charge in [0.1, 0.15) is 49.2 Å². The Hall–Kier alpha value is -8.60. The minimum absolute atomic E-state index is 0.104. The van der Waals surface area contributed by atoms with Crippen molar-refractivity contribution in [3.05, 3.63) is 85.9 Å². The molecular weight excluding hydrogens is 1200 g/mol. The number of ketones is 5. The lowest BCUT2D eigenvalue weighted by atomic mass is 9.84. The van der Waals surface area contributed by atoms with Crippen LogP contribution in [0.4, 0.5) is 5.69 Å². The number of aliphatic hydroxyl groups excluding tert-OH is 1. The summed E-state index contributed by atoms with van der Waals surface area (Å²) in [5, 5.41) is 52.2. The first kappa shape index (κ1) is 70.3.